The molecular weight excluding hydrogens is 265 g/mol. The first-order valence-corrected chi connectivity index (χ1v) is 7.19. The molecule has 2 rings (SSSR count). The number of carbonyl (C=O) groups excluding carboxylic acids is 1. The van der Waals surface area contributed by atoms with Gasteiger partial charge in [-0.05, 0) is 31.0 Å². The molecule has 1 aromatic rings. The number of benzene rings is 1. The minimum atomic E-state index is -0.505. The van der Waals surface area contributed by atoms with Crippen molar-refractivity contribution in [1.29, 1.82) is 0 Å². The average Bonchev–Trinajstić information content (AvgIpc) is 2.69. The van der Waals surface area contributed by atoms with E-state index >= 15 is 0 Å². The van der Waals surface area contributed by atoms with Gasteiger partial charge in [-0.15, -0.1) is 0 Å². The van der Waals surface area contributed by atoms with Gasteiger partial charge in [0.25, 0.3) is 5.91 Å². The summed E-state index contributed by atoms with van der Waals surface area (Å²) >= 11 is 5.84. The number of amides is 1. The van der Waals surface area contributed by atoms with Gasteiger partial charge >= 0.3 is 0 Å². The fraction of sp³-hybridized carbons (Fsp3) is 0.533. The van der Waals surface area contributed by atoms with Crippen molar-refractivity contribution < 1.29 is 9.18 Å². The molecule has 0 heterocycles. The maximum Gasteiger partial charge on any atom is 0.256 e. The molecular formula is C15H19ClFNO. The van der Waals surface area contributed by atoms with E-state index < -0.39 is 5.82 Å². The van der Waals surface area contributed by atoms with Crippen molar-refractivity contribution in [2.75, 3.05) is 7.05 Å². The molecule has 0 bridgehead atoms. The molecule has 0 saturated heterocycles. The number of hydrogen-bond donors (Lipinski definition) is 0. The third kappa shape index (κ3) is 3.47. The highest BCUT2D eigenvalue weighted by Gasteiger charge is 2.24. The van der Waals surface area contributed by atoms with Crippen LogP contribution >= 0.6 is 11.6 Å². The molecule has 0 N–H and O–H groups in total. The maximum absolute atomic E-state index is 13.7. The predicted octanol–water partition coefficient (Wildman–Crippen LogP) is 4.27. The molecule has 1 aromatic carbocycles. The molecule has 0 aliphatic heterocycles. The number of carbonyl (C=O) groups is 1. The van der Waals surface area contributed by atoms with E-state index in [9.17, 15) is 9.18 Å². The molecule has 0 unspecified atom stereocenters. The van der Waals surface area contributed by atoms with Gasteiger partial charge in [0.2, 0.25) is 0 Å². The summed E-state index contributed by atoms with van der Waals surface area (Å²) in [7, 11) is 1.76. The topological polar surface area (TPSA) is 20.3 Å². The Bertz CT molecular complexity index is 455. The smallest absolute Gasteiger partial charge is 0.256 e. The van der Waals surface area contributed by atoms with Gasteiger partial charge in [-0.2, -0.15) is 0 Å². The minimum absolute atomic E-state index is 0.0687. The first-order valence-electron chi connectivity index (χ1n) is 6.82. The molecule has 1 fully saturated rings. The van der Waals surface area contributed by atoms with Crippen LogP contribution in [0.4, 0.5) is 4.39 Å². The zero-order valence-corrected chi connectivity index (χ0v) is 11.9. The van der Waals surface area contributed by atoms with Gasteiger partial charge in [0.05, 0.1) is 5.56 Å². The van der Waals surface area contributed by atoms with Crippen molar-refractivity contribution in [3.8, 4) is 0 Å². The standard InChI is InChI=1S/C15H19ClFNO/c1-18(12-6-4-2-3-5-7-12)15(19)13-10-11(16)8-9-14(13)17/h8-10,12H,2-7H2,1H3. The second-order valence-electron chi connectivity index (χ2n) is 5.19. The molecule has 1 saturated carbocycles. The second-order valence-corrected chi connectivity index (χ2v) is 5.62. The molecule has 1 aliphatic rings. The van der Waals surface area contributed by atoms with Crippen molar-refractivity contribution in [1.82, 2.24) is 4.90 Å². The maximum atomic E-state index is 13.7. The molecule has 4 heteroatoms. The van der Waals surface area contributed by atoms with Crippen LogP contribution < -0.4 is 0 Å². The summed E-state index contributed by atoms with van der Waals surface area (Å²) < 4.78 is 13.7. The predicted molar refractivity (Wildman–Crippen MR) is 75.0 cm³/mol. The zero-order valence-electron chi connectivity index (χ0n) is 11.2. The summed E-state index contributed by atoms with van der Waals surface area (Å²) in [5, 5.41) is 0.388. The van der Waals surface area contributed by atoms with E-state index in [4.69, 9.17) is 11.6 Å². The Morgan fingerprint density at radius 3 is 2.53 bits per heavy atom. The molecule has 104 valence electrons. The lowest BCUT2D eigenvalue weighted by atomic mass is 10.1. The quantitative estimate of drug-likeness (QED) is 0.742. The van der Waals surface area contributed by atoms with Crippen LogP contribution in [0.2, 0.25) is 5.02 Å². The average molecular weight is 284 g/mol. The third-order valence-corrected chi connectivity index (χ3v) is 4.09. The Balaban J connectivity index is 2.15. The van der Waals surface area contributed by atoms with Gasteiger partial charge in [0, 0.05) is 18.1 Å². The molecule has 0 radical (unpaired) electrons. The summed E-state index contributed by atoms with van der Waals surface area (Å²) in [4.78, 5) is 14.0. The van der Waals surface area contributed by atoms with E-state index in [0.29, 0.717) is 5.02 Å². The number of halogens is 2. The van der Waals surface area contributed by atoms with Crippen molar-refractivity contribution in [2.45, 2.75) is 44.6 Å². The SMILES string of the molecule is CN(C(=O)c1cc(Cl)ccc1F)C1CCCCCC1. The van der Waals surface area contributed by atoms with Crippen molar-refractivity contribution in [3.63, 3.8) is 0 Å². The zero-order chi connectivity index (χ0) is 13.8. The fourth-order valence-corrected chi connectivity index (χ4v) is 2.83. The van der Waals surface area contributed by atoms with Crippen LogP contribution in [0.25, 0.3) is 0 Å². The molecule has 0 atom stereocenters. The molecule has 2 nitrogen and oxygen atoms in total. The Morgan fingerprint density at radius 2 is 1.89 bits per heavy atom. The van der Waals surface area contributed by atoms with Crippen molar-refractivity contribution in [3.05, 3.63) is 34.6 Å². The Morgan fingerprint density at radius 1 is 1.26 bits per heavy atom. The molecule has 19 heavy (non-hydrogen) atoms. The molecule has 1 aliphatic carbocycles. The van der Waals surface area contributed by atoms with E-state index in [2.05, 4.69) is 0 Å². The van der Waals surface area contributed by atoms with Crippen molar-refractivity contribution in [2.24, 2.45) is 0 Å². The monoisotopic (exact) mass is 283 g/mol. The summed E-state index contributed by atoms with van der Waals surface area (Å²) in [5.74, 6) is -0.776. The van der Waals surface area contributed by atoms with Gasteiger partial charge < -0.3 is 4.90 Å². The highest BCUT2D eigenvalue weighted by atomic mass is 35.5. The third-order valence-electron chi connectivity index (χ3n) is 3.85. The first-order chi connectivity index (χ1) is 9.09. The second kappa shape index (κ2) is 6.38. The van der Waals surface area contributed by atoms with Crippen LogP contribution in [0.15, 0.2) is 18.2 Å². The summed E-state index contributed by atoms with van der Waals surface area (Å²) in [6.07, 6.45) is 6.74. The van der Waals surface area contributed by atoms with Gasteiger partial charge in [-0.3, -0.25) is 4.79 Å². The highest BCUT2D eigenvalue weighted by molar-refractivity contribution is 6.31. The van der Waals surface area contributed by atoms with E-state index in [1.807, 2.05) is 0 Å². The van der Waals surface area contributed by atoms with E-state index in [0.717, 1.165) is 25.7 Å². The number of hydrogen-bond acceptors (Lipinski definition) is 1. The minimum Gasteiger partial charge on any atom is -0.339 e. The normalized spacial score (nSPS) is 17.0. The number of rotatable bonds is 2. The molecule has 0 spiro atoms. The molecule has 0 aromatic heterocycles. The van der Waals surface area contributed by atoms with Crippen LogP contribution in [0.3, 0.4) is 0 Å². The van der Waals surface area contributed by atoms with Gasteiger partial charge in [0.1, 0.15) is 5.82 Å². The fourth-order valence-electron chi connectivity index (χ4n) is 2.66. The Labute approximate surface area is 118 Å². The van der Waals surface area contributed by atoms with Crippen LogP contribution in [0, 0.1) is 5.82 Å². The lowest BCUT2D eigenvalue weighted by molar-refractivity contribution is 0.0713. The summed E-state index contributed by atoms with van der Waals surface area (Å²) in [6.45, 7) is 0. The lowest BCUT2D eigenvalue weighted by Gasteiger charge is -2.27. The van der Waals surface area contributed by atoms with Crippen LogP contribution in [0.1, 0.15) is 48.9 Å². The van der Waals surface area contributed by atoms with Crippen molar-refractivity contribution >= 4 is 17.5 Å². The summed E-state index contributed by atoms with van der Waals surface area (Å²) in [6, 6.07) is 4.33. The largest absolute Gasteiger partial charge is 0.339 e. The van der Waals surface area contributed by atoms with Crippen LogP contribution in [-0.4, -0.2) is 23.9 Å². The van der Waals surface area contributed by atoms with E-state index in [1.165, 1.54) is 31.0 Å². The van der Waals surface area contributed by atoms with Gasteiger partial charge in [-0.1, -0.05) is 37.3 Å². The molecule has 1 amide bonds. The van der Waals surface area contributed by atoms with Gasteiger partial charge in [0.15, 0.2) is 0 Å². The van der Waals surface area contributed by atoms with E-state index in [-0.39, 0.29) is 17.5 Å². The van der Waals surface area contributed by atoms with Gasteiger partial charge in [-0.25, -0.2) is 4.39 Å². The Kier molecular flexibility index (Phi) is 4.81. The summed E-state index contributed by atoms with van der Waals surface area (Å²) in [5.41, 5.74) is 0.0687. The Hall–Kier alpha value is -1.09. The first kappa shape index (κ1) is 14.3. The lowest BCUT2D eigenvalue weighted by Crippen LogP contribution is -2.37. The number of nitrogens with zero attached hydrogens (tertiary/aromatic N) is 1. The highest BCUT2D eigenvalue weighted by Crippen LogP contribution is 2.23. The van der Waals surface area contributed by atoms with Crippen LogP contribution in [-0.2, 0) is 0 Å². The van der Waals surface area contributed by atoms with E-state index in [1.54, 1.807) is 11.9 Å². The van der Waals surface area contributed by atoms with Crippen LogP contribution in [0.5, 0.6) is 0 Å².